The number of H-pyrrole nitrogens is 1. The summed E-state index contributed by atoms with van der Waals surface area (Å²) in [6.45, 7) is 2.71. The SMILES string of the molecule is Cc1cnc([C@@H]2CCCN2C(=O)c2ccc(-n3cccn3)nc2)[nH]1. The Morgan fingerprint density at radius 3 is 2.88 bits per heavy atom. The second-order valence-corrected chi connectivity index (χ2v) is 5.96. The van der Waals surface area contributed by atoms with Crippen molar-refractivity contribution in [2.75, 3.05) is 6.54 Å². The van der Waals surface area contributed by atoms with E-state index < -0.39 is 0 Å². The maximum absolute atomic E-state index is 12.9. The minimum atomic E-state index is -0.00827. The molecule has 122 valence electrons. The molecule has 1 N–H and O–H groups in total. The van der Waals surface area contributed by atoms with Crippen LogP contribution in [-0.4, -0.2) is 42.1 Å². The van der Waals surface area contributed by atoms with Crippen LogP contribution in [0.15, 0.2) is 43.0 Å². The van der Waals surface area contributed by atoms with Gasteiger partial charge in [-0.25, -0.2) is 14.6 Å². The lowest BCUT2D eigenvalue weighted by atomic mass is 10.2. The van der Waals surface area contributed by atoms with Gasteiger partial charge in [-0.05, 0) is 38.0 Å². The molecule has 3 aromatic rings. The topological polar surface area (TPSA) is 79.7 Å². The Morgan fingerprint density at radius 1 is 1.29 bits per heavy atom. The number of aryl methyl sites for hydroxylation is 1. The van der Waals surface area contributed by atoms with Crippen LogP contribution in [0.4, 0.5) is 0 Å². The average molecular weight is 322 g/mol. The summed E-state index contributed by atoms with van der Waals surface area (Å²) >= 11 is 0. The number of aromatic nitrogens is 5. The number of carbonyl (C=O) groups is 1. The lowest BCUT2D eigenvalue weighted by Crippen LogP contribution is -2.31. The first-order chi connectivity index (χ1) is 11.7. The van der Waals surface area contributed by atoms with Gasteiger partial charge in [0.15, 0.2) is 5.82 Å². The molecule has 3 aromatic heterocycles. The minimum absolute atomic E-state index is 0.00827. The molecule has 1 aliphatic rings. The molecule has 0 spiro atoms. The molecule has 1 fully saturated rings. The smallest absolute Gasteiger partial charge is 0.256 e. The van der Waals surface area contributed by atoms with Gasteiger partial charge in [-0.15, -0.1) is 0 Å². The summed E-state index contributed by atoms with van der Waals surface area (Å²) in [6, 6.07) is 5.45. The fraction of sp³-hybridized carbons (Fsp3) is 0.294. The predicted octanol–water partition coefficient (Wildman–Crippen LogP) is 2.28. The van der Waals surface area contributed by atoms with Crippen LogP contribution in [0.25, 0.3) is 5.82 Å². The van der Waals surface area contributed by atoms with Crippen molar-refractivity contribution in [3.63, 3.8) is 0 Å². The Labute approximate surface area is 139 Å². The predicted molar refractivity (Wildman–Crippen MR) is 87.7 cm³/mol. The molecule has 0 radical (unpaired) electrons. The first-order valence-electron chi connectivity index (χ1n) is 8.01. The van der Waals surface area contributed by atoms with Gasteiger partial charge in [-0.2, -0.15) is 5.10 Å². The molecule has 0 unspecified atom stereocenters. The third-order valence-corrected chi connectivity index (χ3v) is 4.29. The molecule has 0 aromatic carbocycles. The van der Waals surface area contributed by atoms with Crippen molar-refractivity contribution < 1.29 is 4.79 Å². The molecule has 1 amide bonds. The van der Waals surface area contributed by atoms with Crippen LogP contribution in [-0.2, 0) is 0 Å². The zero-order chi connectivity index (χ0) is 16.5. The van der Waals surface area contributed by atoms with Crippen LogP contribution < -0.4 is 0 Å². The zero-order valence-corrected chi connectivity index (χ0v) is 13.4. The first-order valence-corrected chi connectivity index (χ1v) is 8.01. The number of amides is 1. The summed E-state index contributed by atoms with van der Waals surface area (Å²) in [5.41, 5.74) is 1.59. The minimum Gasteiger partial charge on any atom is -0.344 e. The summed E-state index contributed by atoms with van der Waals surface area (Å²) in [5, 5.41) is 4.14. The number of nitrogens with one attached hydrogen (secondary N) is 1. The highest BCUT2D eigenvalue weighted by Gasteiger charge is 2.32. The van der Waals surface area contributed by atoms with E-state index in [-0.39, 0.29) is 11.9 Å². The summed E-state index contributed by atoms with van der Waals surface area (Å²) in [4.78, 5) is 26.7. The third-order valence-electron chi connectivity index (χ3n) is 4.29. The molecule has 0 bridgehead atoms. The quantitative estimate of drug-likeness (QED) is 0.802. The number of aromatic amines is 1. The number of pyridine rings is 1. The molecule has 0 saturated carbocycles. The van der Waals surface area contributed by atoms with Crippen molar-refractivity contribution in [3.05, 3.63) is 60.1 Å². The molecule has 7 heteroatoms. The van der Waals surface area contributed by atoms with Crippen LogP contribution in [0.1, 0.15) is 40.8 Å². The molecule has 24 heavy (non-hydrogen) atoms. The van der Waals surface area contributed by atoms with Crippen molar-refractivity contribution in [3.8, 4) is 5.82 Å². The average Bonchev–Trinajstić information content (AvgIpc) is 3.35. The van der Waals surface area contributed by atoms with Crippen molar-refractivity contribution in [2.24, 2.45) is 0 Å². The number of imidazole rings is 1. The standard InChI is InChI=1S/C17H18N6O/c1-12-10-19-16(21-12)14-4-2-8-22(14)17(24)13-5-6-15(18-11-13)23-9-3-7-20-23/h3,5-7,9-11,14H,2,4,8H2,1H3,(H,19,21)/t14-/m0/s1. The van der Waals surface area contributed by atoms with Gasteiger partial charge >= 0.3 is 0 Å². The highest BCUT2D eigenvalue weighted by Crippen LogP contribution is 2.31. The van der Waals surface area contributed by atoms with Gasteiger partial charge < -0.3 is 9.88 Å². The molecular weight excluding hydrogens is 304 g/mol. The van der Waals surface area contributed by atoms with E-state index >= 15 is 0 Å². The van der Waals surface area contributed by atoms with E-state index in [2.05, 4.69) is 20.1 Å². The van der Waals surface area contributed by atoms with Gasteiger partial charge in [-0.3, -0.25) is 4.79 Å². The lowest BCUT2D eigenvalue weighted by Gasteiger charge is -2.23. The van der Waals surface area contributed by atoms with E-state index in [1.165, 1.54) is 0 Å². The number of hydrogen-bond acceptors (Lipinski definition) is 4. The van der Waals surface area contributed by atoms with Crippen LogP contribution in [0.5, 0.6) is 0 Å². The number of hydrogen-bond donors (Lipinski definition) is 1. The van der Waals surface area contributed by atoms with Crippen LogP contribution in [0.2, 0.25) is 0 Å². The van der Waals surface area contributed by atoms with E-state index in [1.807, 2.05) is 30.2 Å². The Kier molecular flexibility index (Phi) is 3.60. The van der Waals surface area contributed by atoms with E-state index in [1.54, 1.807) is 29.3 Å². The number of likely N-dealkylation sites (tertiary alicyclic amines) is 1. The summed E-state index contributed by atoms with van der Waals surface area (Å²) in [6.07, 6.45) is 8.84. The first kappa shape index (κ1) is 14.6. The van der Waals surface area contributed by atoms with E-state index in [0.717, 1.165) is 30.9 Å². The Hall–Kier alpha value is -2.96. The van der Waals surface area contributed by atoms with Crippen molar-refractivity contribution in [1.29, 1.82) is 0 Å². The Morgan fingerprint density at radius 2 is 2.21 bits per heavy atom. The molecule has 1 atom stereocenters. The summed E-state index contributed by atoms with van der Waals surface area (Å²) in [5.74, 6) is 1.54. The van der Waals surface area contributed by atoms with Gasteiger partial charge in [0.2, 0.25) is 0 Å². The summed E-state index contributed by atoms with van der Waals surface area (Å²) < 4.78 is 1.67. The van der Waals surface area contributed by atoms with Gasteiger partial charge in [0, 0.05) is 37.0 Å². The van der Waals surface area contributed by atoms with Crippen LogP contribution in [0.3, 0.4) is 0 Å². The number of rotatable bonds is 3. The van der Waals surface area contributed by atoms with E-state index in [4.69, 9.17) is 0 Å². The van der Waals surface area contributed by atoms with E-state index in [9.17, 15) is 4.79 Å². The van der Waals surface area contributed by atoms with Crippen molar-refractivity contribution in [2.45, 2.75) is 25.8 Å². The van der Waals surface area contributed by atoms with E-state index in [0.29, 0.717) is 11.4 Å². The second-order valence-electron chi connectivity index (χ2n) is 5.96. The van der Waals surface area contributed by atoms with Gasteiger partial charge in [0.05, 0.1) is 11.6 Å². The highest BCUT2D eigenvalue weighted by atomic mass is 16.2. The largest absolute Gasteiger partial charge is 0.344 e. The molecular formula is C17H18N6O. The van der Waals surface area contributed by atoms with Gasteiger partial charge in [-0.1, -0.05) is 0 Å². The summed E-state index contributed by atoms with van der Waals surface area (Å²) in [7, 11) is 0. The highest BCUT2D eigenvalue weighted by molar-refractivity contribution is 5.94. The number of nitrogens with zero attached hydrogens (tertiary/aromatic N) is 5. The number of carbonyl (C=O) groups excluding carboxylic acids is 1. The maximum Gasteiger partial charge on any atom is 0.256 e. The molecule has 0 aliphatic carbocycles. The molecule has 7 nitrogen and oxygen atoms in total. The van der Waals surface area contributed by atoms with Crippen molar-refractivity contribution >= 4 is 5.91 Å². The van der Waals surface area contributed by atoms with Gasteiger partial charge in [0.1, 0.15) is 5.82 Å². The van der Waals surface area contributed by atoms with Crippen molar-refractivity contribution in [1.82, 2.24) is 29.6 Å². The maximum atomic E-state index is 12.9. The zero-order valence-electron chi connectivity index (χ0n) is 13.4. The normalized spacial score (nSPS) is 17.4. The molecule has 1 aliphatic heterocycles. The van der Waals surface area contributed by atoms with Gasteiger partial charge in [0.25, 0.3) is 5.91 Å². The van der Waals surface area contributed by atoms with Crippen LogP contribution in [0, 0.1) is 6.92 Å². The van der Waals surface area contributed by atoms with Crippen LogP contribution >= 0.6 is 0 Å². The molecule has 1 saturated heterocycles. The lowest BCUT2D eigenvalue weighted by molar-refractivity contribution is 0.0730. The fourth-order valence-electron chi connectivity index (χ4n) is 3.11. The fourth-order valence-corrected chi connectivity index (χ4v) is 3.11. The Balaban J connectivity index is 1.56. The third kappa shape index (κ3) is 2.58. The Bertz CT molecular complexity index is 836. The second kappa shape index (κ2) is 5.92. The monoisotopic (exact) mass is 322 g/mol. The molecule has 4 heterocycles. The molecule has 4 rings (SSSR count).